The normalized spacial score (nSPS) is 12.5. The highest BCUT2D eigenvalue weighted by Gasteiger charge is 2.06. The largest absolute Gasteiger partial charge is 0.360 e. The van der Waals surface area contributed by atoms with Gasteiger partial charge in [-0.3, -0.25) is 0 Å². The van der Waals surface area contributed by atoms with Crippen molar-refractivity contribution >= 4 is 0 Å². The van der Waals surface area contributed by atoms with Crippen LogP contribution in [-0.4, -0.2) is 5.16 Å². The predicted octanol–water partition coefficient (Wildman–Crippen LogP) is 1.72. The van der Waals surface area contributed by atoms with Crippen LogP contribution in [0.25, 0.3) is 0 Å². The summed E-state index contributed by atoms with van der Waals surface area (Å²) in [5.41, 5.74) is 0.872. The van der Waals surface area contributed by atoms with Gasteiger partial charge in [0.15, 0.2) is 5.76 Å². The fourth-order valence-corrected chi connectivity index (χ4v) is 0.669. The van der Waals surface area contributed by atoms with Crippen LogP contribution in [0.15, 0.2) is 10.6 Å². The molecule has 1 heterocycles. The maximum Gasteiger partial charge on any atom is 0.151 e. The molecule has 0 spiro atoms. The molecule has 1 aromatic rings. The van der Waals surface area contributed by atoms with Gasteiger partial charge in [0.05, 0.1) is 11.6 Å². The number of aryl methyl sites for hydroxylation is 1. The highest BCUT2D eigenvalue weighted by atomic mass is 16.5. The summed E-state index contributed by atoms with van der Waals surface area (Å²) in [6, 6.07) is 1.85. The summed E-state index contributed by atoms with van der Waals surface area (Å²) in [5, 5.41) is 3.72. The lowest BCUT2D eigenvalue weighted by Gasteiger charge is -1.92. The summed E-state index contributed by atoms with van der Waals surface area (Å²) in [5.74, 6) is 3.35. The van der Waals surface area contributed by atoms with Crippen molar-refractivity contribution in [1.29, 1.82) is 0 Å². The van der Waals surface area contributed by atoms with Gasteiger partial charge in [0, 0.05) is 6.07 Å². The number of hydrogen-bond acceptors (Lipinski definition) is 2. The van der Waals surface area contributed by atoms with Gasteiger partial charge in [0.25, 0.3) is 0 Å². The van der Waals surface area contributed by atoms with E-state index in [4.69, 9.17) is 10.9 Å². The number of rotatable bonds is 1. The van der Waals surface area contributed by atoms with Crippen molar-refractivity contribution in [1.82, 2.24) is 5.16 Å². The van der Waals surface area contributed by atoms with Crippen LogP contribution in [0.2, 0.25) is 0 Å². The summed E-state index contributed by atoms with van der Waals surface area (Å²) < 4.78 is 4.92. The lowest BCUT2D eigenvalue weighted by atomic mass is 10.1. The molecule has 0 aliphatic carbocycles. The summed E-state index contributed by atoms with van der Waals surface area (Å²) in [4.78, 5) is 0. The minimum absolute atomic E-state index is 0.0289. The lowest BCUT2D eigenvalue weighted by molar-refractivity contribution is 0.376. The van der Waals surface area contributed by atoms with E-state index < -0.39 is 0 Å². The first-order valence-corrected chi connectivity index (χ1v) is 3.13. The lowest BCUT2D eigenvalue weighted by Crippen LogP contribution is -1.83. The Kier molecular flexibility index (Phi) is 1.77. The van der Waals surface area contributed by atoms with Gasteiger partial charge < -0.3 is 4.52 Å². The minimum atomic E-state index is 0.0289. The molecule has 0 radical (unpaired) electrons. The van der Waals surface area contributed by atoms with Crippen molar-refractivity contribution in [2.75, 3.05) is 0 Å². The van der Waals surface area contributed by atoms with Crippen LogP contribution < -0.4 is 0 Å². The maximum atomic E-state index is 5.18. The summed E-state index contributed by atoms with van der Waals surface area (Å²) in [6.45, 7) is 3.77. The maximum absolute atomic E-state index is 5.18. The third kappa shape index (κ3) is 1.19. The highest BCUT2D eigenvalue weighted by Crippen LogP contribution is 2.13. The summed E-state index contributed by atoms with van der Waals surface area (Å²) >= 11 is 0. The molecule has 10 heavy (non-hydrogen) atoms. The van der Waals surface area contributed by atoms with Crippen molar-refractivity contribution in [3.05, 3.63) is 17.5 Å². The van der Waals surface area contributed by atoms with Crippen molar-refractivity contribution in [2.45, 2.75) is 19.8 Å². The molecule has 0 saturated heterocycles. The molecule has 1 atom stereocenters. The Labute approximate surface area is 60.2 Å². The molecular weight excluding hydrogens is 126 g/mol. The van der Waals surface area contributed by atoms with E-state index in [0.29, 0.717) is 0 Å². The van der Waals surface area contributed by atoms with Crippen molar-refractivity contribution in [3.8, 4) is 12.3 Å². The second-order valence-electron chi connectivity index (χ2n) is 2.26. The van der Waals surface area contributed by atoms with Crippen molar-refractivity contribution in [2.24, 2.45) is 0 Å². The van der Waals surface area contributed by atoms with Crippen LogP contribution in [0.4, 0.5) is 0 Å². The third-order valence-electron chi connectivity index (χ3n) is 1.32. The molecule has 0 bridgehead atoms. The van der Waals surface area contributed by atoms with Crippen molar-refractivity contribution < 1.29 is 4.52 Å². The topological polar surface area (TPSA) is 26.0 Å². The quantitative estimate of drug-likeness (QED) is 0.548. The first kappa shape index (κ1) is 6.88. The standard InChI is InChI=1S/C8H9NO/c1-4-6(2)8-5-7(3)9-10-8/h1,5-6H,2-3H3. The fourth-order valence-electron chi connectivity index (χ4n) is 0.669. The first-order chi connectivity index (χ1) is 4.74. The Morgan fingerprint density at radius 3 is 2.90 bits per heavy atom. The summed E-state index contributed by atoms with van der Waals surface area (Å²) in [6.07, 6.45) is 5.18. The number of hydrogen-bond donors (Lipinski definition) is 0. The smallest absolute Gasteiger partial charge is 0.151 e. The monoisotopic (exact) mass is 135 g/mol. The van der Waals surface area contributed by atoms with Gasteiger partial charge in [0.2, 0.25) is 0 Å². The van der Waals surface area contributed by atoms with Crippen LogP contribution in [0.3, 0.4) is 0 Å². The molecule has 0 aliphatic heterocycles. The van der Waals surface area contributed by atoms with E-state index >= 15 is 0 Å². The molecule has 0 amide bonds. The Morgan fingerprint density at radius 2 is 2.50 bits per heavy atom. The third-order valence-corrected chi connectivity index (χ3v) is 1.32. The molecule has 1 rings (SSSR count). The van der Waals surface area contributed by atoms with Crippen LogP contribution in [-0.2, 0) is 0 Å². The van der Waals surface area contributed by atoms with E-state index in [0.717, 1.165) is 11.5 Å². The molecule has 52 valence electrons. The Bertz CT molecular complexity index is 256. The second kappa shape index (κ2) is 2.57. The molecule has 1 aromatic heterocycles. The molecule has 2 nitrogen and oxygen atoms in total. The van der Waals surface area contributed by atoms with E-state index in [9.17, 15) is 0 Å². The molecule has 0 aromatic carbocycles. The van der Waals surface area contributed by atoms with Gasteiger partial charge in [-0.25, -0.2) is 0 Å². The molecular formula is C8H9NO. The Morgan fingerprint density at radius 1 is 1.80 bits per heavy atom. The van der Waals surface area contributed by atoms with E-state index in [1.165, 1.54) is 0 Å². The van der Waals surface area contributed by atoms with E-state index in [1.54, 1.807) is 0 Å². The van der Waals surface area contributed by atoms with Crippen molar-refractivity contribution in [3.63, 3.8) is 0 Å². The zero-order valence-corrected chi connectivity index (χ0v) is 6.09. The predicted molar refractivity (Wildman–Crippen MR) is 38.5 cm³/mol. The zero-order chi connectivity index (χ0) is 7.56. The molecule has 2 heteroatoms. The van der Waals surface area contributed by atoms with Gasteiger partial charge in [-0.2, -0.15) is 0 Å². The van der Waals surface area contributed by atoms with E-state index in [1.807, 2.05) is 19.9 Å². The second-order valence-corrected chi connectivity index (χ2v) is 2.26. The van der Waals surface area contributed by atoms with E-state index in [2.05, 4.69) is 11.1 Å². The zero-order valence-electron chi connectivity index (χ0n) is 6.09. The van der Waals surface area contributed by atoms with Gasteiger partial charge in [0.1, 0.15) is 0 Å². The van der Waals surface area contributed by atoms with E-state index in [-0.39, 0.29) is 5.92 Å². The average molecular weight is 135 g/mol. The van der Waals surface area contributed by atoms with Crippen LogP contribution in [0, 0.1) is 19.3 Å². The van der Waals surface area contributed by atoms with Crippen LogP contribution in [0.1, 0.15) is 24.3 Å². The van der Waals surface area contributed by atoms with Gasteiger partial charge in [-0.05, 0) is 13.8 Å². The molecule has 0 saturated carbocycles. The first-order valence-electron chi connectivity index (χ1n) is 3.13. The number of nitrogens with zero attached hydrogens (tertiary/aromatic N) is 1. The average Bonchev–Trinajstić information content (AvgIpc) is 2.34. The summed E-state index contributed by atoms with van der Waals surface area (Å²) in [7, 11) is 0. The molecule has 1 unspecified atom stereocenters. The number of terminal acetylenes is 1. The van der Waals surface area contributed by atoms with Crippen LogP contribution >= 0.6 is 0 Å². The highest BCUT2D eigenvalue weighted by molar-refractivity contribution is 5.16. The van der Waals surface area contributed by atoms with Gasteiger partial charge in [-0.15, -0.1) is 6.42 Å². The SMILES string of the molecule is C#CC(C)c1cc(C)no1. The Hall–Kier alpha value is -1.23. The van der Waals surface area contributed by atoms with Gasteiger partial charge in [-0.1, -0.05) is 11.1 Å². The Balaban J connectivity index is 2.87. The minimum Gasteiger partial charge on any atom is -0.360 e. The number of aromatic nitrogens is 1. The van der Waals surface area contributed by atoms with Gasteiger partial charge >= 0.3 is 0 Å². The van der Waals surface area contributed by atoms with Crippen LogP contribution in [0.5, 0.6) is 0 Å². The molecule has 0 aliphatic rings. The fraction of sp³-hybridized carbons (Fsp3) is 0.375. The molecule has 0 fully saturated rings. The molecule has 0 N–H and O–H groups in total.